The summed E-state index contributed by atoms with van der Waals surface area (Å²) in [7, 11) is -3.35. The van der Waals surface area contributed by atoms with Gasteiger partial charge in [0.05, 0.1) is 4.90 Å². The number of hydrogen-bond donors (Lipinski definition) is 1. The van der Waals surface area contributed by atoms with E-state index in [1.807, 2.05) is 12.1 Å². The van der Waals surface area contributed by atoms with Crippen molar-refractivity contribution in [2.24, 2.45) is 11.7 Å². The number of nitrogens with two attached hydrogens (primary N) is 1. The van der Waals surface area contributed by atoms with Gasteiger partial charge in [-0.05, 0) is 67.8 Å². The molecule has 1 atom stereocenters. The number of nitrogens with zero attached hydrogens (tertiary/aromatic N) is 1. The van der Waals surface area contributed by atoms with E-state index in [4.69, 9.17) is 5.73 Å². The van der Waals surface area contributed by atoms with Gasteiger partial charge in [-0.1, -0.05) is 6.07 Å². The van der Waals surface area contributed by atoms with E-state index in [1.54, 1.807) is 10.4 Å². The standard InChI is InChI=1S/C15H22N2O2S/c16-10-12-3-2-8-17(11-12)20(18,19)15-7-6-13-4-1-5-14(13)9-15/h6-7,9,12H,1-5,8,10-11,16H2. The number of benzene rings is 1. The van der Waals surface area contributed by atoms with Crippen LogP contribution in [0.15, 0.2) is 23.1 Å². The fourth-order valence-corrected chi connectivity index (χ4v) is 4.90. The van der Waals surface area contributed by atoms with Gasteiger partial charge in [-0.2, -0.15) is 4.31 Å². The number of hydrogen-bond acceptors (Lipinski definition) is 3. The average molecular weight is 294 g/mol. The van der Waals surface area contributed by atoms with Crippen molar-refractivity contribution >= 4 is 10.0 Å². The maximum Gasteiger partial charge on any atom is 0.243 e. The lowest BCUT2D eigenvalue weighted by atomic mass is 10.0. The number of aryl methyl sites for hydroxylation is 2. The molecule has 0 amide bonds. The molecule has 1 aliphatic carbocycles. The molecule has 1 aliphatic heterocycles. The summed E-state index contributed by atoms with van der Waals surface area (Å²) in [6.07, 6.45) is 5.16. The molecule has 4 nitrogen and oxygen atoms in total. The van der Waals surface area contributed by atoms with Gasteiger partial charge in [0.25, 0.3) is 0 Å². The Bertz CT molecular complexity index is 598. The maximum absolute atomic E-state index is 12.7. The van der Waals surface area contributed by atoms with Crippen LogP contribution in [0, 0.1) is 5.92 Å². The second-order valence-electron chi connectivity index (χ2n) is 5.89. The molecule has 1 aromatic carbocycles. The van der Waals surface area contributed by atoms with Crippen molar-refractivity contribution in [3.8, 4) is 0 Å². The fraction of sp³-hybridized carbons (Fsp3) is 0.600. The van der Waals surface area contributed by atoms with Gasteiger partial charge in [0.1, 0.15) is 0 Å². The zero-order valence-electron chi connectivity index (χ0n) is 11.7. The maximum atomic E-state index is 12.7. The van der Waals surface area contributed by atoms with Crippen LogP contribution in [0.1, 0.15) is 30.4 Å². The third-order valence-electron chi connectivity index (χ3n) is 4.52. The van der Waals surface area contributed by atoms with Crippen LogP contribution in [-0.4, -0.2) is 32.4 Å². The summed E-state index contributed by atoms with van der Waals surface area (Å²) >= 11 is 0. The highest BCUT2D eigenvalue weighted by Crippen LogP contribution is 2.28. The molecule has 0 radical (unpaired) electrons. The molecule has 1 saturated heterocycles. The van der Waals surface area contributed by atoms with Crippen LogP contribution >= 0.6 is 0 Å². The van der Waals surface area contributed by atoms with Gasteiger partial charge in [-0.25, -0.2) is 8.42 Å². The summed E-state index contributed by atoms with van der Waals surface area (Å²) in [5.74, 6) is 0.299. The largest absolute Gasteiger partial charge is 0.330 e. The van der Waals surface area contributed by atoms with Gasteiger partial charge in [0.15, 0.2) is 0 Å². The molecule has 2 N–H and O–H groups in total. The summed E-state index contributed by atoms with van der Waals surface area (Å²) in [5.41, 5.74) is 8.21. The lowest BCUT2D eigenvalue weighted by Gasteiger charge is -2.31. The lowest BCUT2D eigenvalue weighted by molar-refractivity contribution is 0.271. The van der Waals surface area contributed by atoms with Crippen LogP contribution in [0.3, 0.4) is 0 Å². The molecule has 0 saturated carbocycles. The molecule has 1 aromatic rings. The third-order valence-corrected chi connectivity index (χ3v) is 6.38. The highest BCUT2D eigenvalue weighted by Gasteiger charge is 2.30. The number of sulfonamides is 1. The molecule has 0 spiro atoms. The Labute approximate surface area is 121 Å². The normalized spacial score (nSPS) is 23.8. The second kappa shape index (κ2) is 5.47. The van der Waals surface area contributed by atoms with Crippen molar-refractivity contribution in [1.82, 2.24) is 4.31 Å². The molecule has 5 heteroatoms. The fourth-order valence-electron chi connectivity index (χ4n) is 3.30. The Morgan fingerprint density at radius 1 is 1.20 bits per heavy atom. The Balaban J connectivity index is 1.87. The first kappa shape index (κ1) is 14.0. The van der Waals surface area contributed by atoms with Crippen molar-refractivity contribution < 1.29 is 8.42 Å². The summed E-state index contributed by atoms with van der Waals surface area (Å²) < 4.78 is 27.1. The summed E-state index contributed by atoms with van der Waals surface area (Å²) in [6.45, 7) is 1.75. The Hall–Kier alpha value is -0.910. The molecule has 3 rings (SSSR count). The van der Waals surface area contributed by atoms with Crippen LogP contribution in [0.5, 0.6) is 0 Å². The monoisotopic (exact) mass is 294 g/mol. The molecular formula is C15H22N2O2S. The minimum atomic E-state index is -3.35. The van der Waals surface area contributed by atoms with Crippen LogP contribution < -0.4 is 5.73 Å². The van der Waals surface area contributed by atoms with Crippen molar-refractivity contribution in [3.63, 3.8) is 0 Å². The molecule has 0 aromatic heterocycles. The molecule has 20 heavy (non-hydrogen) atoms. The van der Waals surface area contributed by atoms with Gasteiger partial charge in [0.2, 0.25) is 10.0 Å². The Morgan fingerprint density at radius 2 is 2.00 bits per heavy atom. The van der Waals surface area contributed by atoms with Gasteiger partial charge in [-0.3, -0.25) is 0 Å². The van der Waals surface area contributed by atoms with Crippen molar-refractivity contribution in [2.45, 2.75) is 37.0 Å². The van der Waals surface area contributed by atoms with Crippen molar-refractivity contribution in [3.05, 3.63) is 29.3 Å². The van der Waals surface area contributed by atoms with E-state index < -0.39 is 10.0 Å². The van der Waals surface area contributed by atoms with E-state index >= 15 is 0 Å². The number of piperidine rings is 1. The van der Waals surface area contributed by atoms with Gasteiger partial charge in [-0.15, -0.1) is 0 Å². The third kappa shape index (κ3) is 2.50. The highest BCUT2D eigenvalue weighted by atomic mass is 32.2. The molecule has 0 bridgehead atoms. The quantitative estimate of drug-likeness (QED) is 0.919. The Kier molecular flexibility index (Phi) is 3.84. The van der Waals surface area contributed by atoms with Crippen LogP contribution in [0.4, 0.5) is 0 Å². The lowest BCUT2D eigenvalue weighted by Crippen LogP contribution is -2.41. The highest BCUT2D eigenvalue weighted by molar-refractivity contribution is 7.89. The van der Waals surface area contributed by atoms with E-state index in [-0.39, 0.29) is 0 Å². The molecule has 1 heterocycles. The molecule has 110 valence electrons. The summed E-state index contributed by atoms with van der Waals surface area (Å²) in [4.78, 5) is 0.454. The zero-order chi connectivity index (χ0) is 14.2. The van der Waals surface area contributed by atoms with Crippen molar-refractivity contribution in [1.29, 1.82) is 0 Å². The van der Waals surface area contributed by atoms with Crippen LogP contribution in [0.2, 0.25) is 0 Å². The second-order valence-corrected chi connectivity index (χ2v) is 7.83. The van der Waals surface area contributed by atoms with E-state index in [0.29, 0.717) is 30.4 Å². The SMILES string of the molecule is NCC1CCCN(S(=O)(=O)c2ccc3c(c2)CCC3)C1. The van der Waals surface area contributed by atoms with E-state index in [0.717, 1.165) is 32.1 Å². The first-order chi connectivity index (χ1) is 9.61. The van der Waals surface area contributed by atoms with Crippen LogP contribution in [-0.2, 0) is 22.9 Å². The summed E-state index contributed by atoms with van der Waals surface area (Å²) in [6, 6.07) is 5.63. The number of rotatable bonds is 3. The average Bonchev–Trinajstić information content (AvgIpc) is 2.94. The van der Waals surface area contributed by atoms with Gasteiger partial charge in [0, 0.05) is 13.1 Å². The predicted octanol–water partition coefficient (Wildman–Crippen LogP) is 1.53. The van der Waals surface area contributed by atoms with E-state index in [1.165, 1.54) is 11.1 Å². The smallest absolute Gasteiger partial charge is 0.243 e. The van der Waals surface area contributed by atoms with Gasteiger partial charge < -0.3 is 5.73 Å². The molecule has 1 fully saturated rings. The topological polar surface area (TPSA) is 63.4 Å². The molecule has 2 aliphatic rings. The van der Waals surface area contributed by atoms with Gasteiger partial charge >= 0.3 is 0 Å². The number of fused-ring (bicyclic) bond motifs is 1. The minimum Gasteiger partial charge on any atom is -0.330 e. The summed E-state index contributed by atoms with van der Waals surface area (Å²) in [5, 5.41) is 0. The van der Waals surface area contributed by atoms with E-state index in [9.17, 15) is 8.42 Å². The Morgan fingerprint density at radius 3 is 2.80 bits per heavy atom. The first-order valence-corrected chi connectivity index (χ1v) is 8.87. The molecule has 1 unspecified atom stereocenters. The van der Waals surface area contributed by atoms with Crippen molar-refractivity contribution in [2.75, 3.05) is 19.6 Å². The zero-order valence-corrected chi connectivity index (χ0v) is 12.5. The van der Waals surface area contributed by atoms with E-state index in [2.05, 4.69) is 0 Å². The predicted molar refractivity (Wildman–Crippen MR) is 79.0 cm³/mol. The molecular weight excluding hydrogens is 272 g/mol. The van der Waals surface area contributed by atoms with Crippen LogP contribution in [0.25, 0.3) is 0 Å². The minimum absolute atomic E-state index is 0.299. The first-order valence-electron chi connectivity index (χ1n) is 7.43.